The van der Waals surface area contributed by atoms with Gasteiger partial charge in [0.05, 0.1) is 6.54 Å². The van der Waals surface area contributed by atoms with Crippen LogP contribution in [0.1, 0.15) is 38.5 Å². The molecule has 6 heteroatoms. The number of hydrogen-bond acceptors (Lipinski definition) is 3. The van der Waals surface area contributed by atoms with E-state index in [-0.39, 0.29) is 11.9 Å². The smallest absolute Gasteiger partial charge is 0.320 e. The van der Waals surface area contributed by atoms with Crippen LogP contribution in [-0.4, -0.2) is 78.5 Å². The van der Waals surface area contributed by atoms with Crippen molar-refractivity contribution in [2.45, 2.75) is 44.6 Å². The molecule has 3 rings (SSSR count). The average molecular weight is 308 g/mol. The zero-order valence-electron chi connectivity index (χ0n) is 13.4. The maximum atomic E-state index is 12.3. The van der Waals surface area contributed by atoms with Crippen molar-refractivity contribution in [1.29, 1.82) is 0 Å². The second-order valence-corrected chi connectivity index (χ2v) is 6.79. The minimum Gasteiger partial charge on any atom is -0.352 e. The SMILES string of the molecule is O=C(CN1CCN(C(=O)N2CCCC2)CC1)NC1CCCC1. The van der Waals surface area contributed by atoms with E-state index in [0.29, 0.717) is 12.6 Å². The van der Waals surface area contributed by atoms with Gasteiger partial charge in [-0.05, 0) is 25.7 Å². The molecule has 22 heavy (non-hydrogen) atoms. The van der Waals surface area contributed by atoms with Gasteiger partial charge >= 0.3 is 6.03 Å². The molecule has 0 spiro atoms. The van der Waals surface area contributed by atoms with Gasteiger partial charge < -0.3 is 15.1 Å². The first-order chi connectivity index (χ1) is 10.7. The van der Waals surface area contributed by atoms with Crippen LogP contribution in [0.4, 0.5) is 4.79 Å². The third kappa shape index (κ3) is 3.91. The molecule has 0 aromatic rings. The Morgan fingerprint density at radius 1 is 0.818 bits per heavy atom. The molecule has 2 aliphatic heterocycles. The summed E-state index contributed by atoms with van der Waals surface area (Å²) >= 11 is 0. The number of likely N-dealkylation sites (tertiary alicyclic amines) is 1. The average Bonchev–Trinajstić information content (AvgIpc) is 3.20. The Morgan fingerprint density at radius 2 is 1.41 bits per heavy atom. The summed E-state index contributed by atoms with van der Waals surface area (Å²) in [5.74, 6) is 0.145. The third-order valence-electron chi connectivity index (χ3n) is 5.11. The van der Waals surface area contributed by atoms with Crippen molar-refractivity contribution < 1.29 is 9.59 Å². The number of rotatable bonds is 3. The molecule has 0 aromatic carbocycles. The summed E-state index contributed by atoms with van der Waals surface area (Å²) < 4.78 is 0. The van der Waals surface area contributed by atoms with Crippen molar-refractivity contribution in [2.75, 3.05) is 45.8 Å². The van der Waals surface area contributed by atoms with Crippen molar-refractivity contribution in [2.24, 2.45) is 0 Å². The van der Waals surface area contributed by atoms with Crippen molar-refractivity contribution in [3.05, 3.63) is 0 Å². The van der Waals surface area contributed by atoms with Crippen molar-refractivity contribution >= 4 is 11.9 Å². The van der Waals surface area contributed by atoms with Crippen LogP contribution in [-0.2, 0) is 4.79 Å². The van der Waals surface area contributed by atoms with E-state index in [1.807, 2.05) is 9.80 Å². The largest absolute Gasteiger partial charge is 0.352 e. The van der Waals surface area contributed by atoms with Crippen LogP contribution in [0.15, 0.2) is 0 Å². The zero-order valence-corrected chi connectivity index (χ0v) is 13.4. The Morgan fingerprint density at radius 3 is 2.05 bits per heavy atom. The summed E-state index contributed by atoms with van der Waals surface area (Å²) in [5.41, 5.74) is 0. The quantitative estimate of drug-likeness (QED) is 0.842. The molecular weight excluding hydrogens is 280 g/mol. The molecule has 1 N–H and O–H groups in total. The number of hydrogen-bond donors (Lipinski definition) is 1. The second-order valence-electron chi connectivity index (χ2n) is 6.79. The first-order valence-corrected chi connectivity index (χ1v) is 8.78. The molecule has 3 amide bonds. The van der Waals surface area contributed by atoms with Crippen LogP contribution in [0.3, 0.4) is 0 Å². The number of urea groups is 1. The Hall–Kier alpha value is -1.30. The molecule has 0 radical (unpaired) electrons. The summed E-state index contributed by atoms with van der Waals surface area (Å²) in [6.07, 6.45) is 7.00. The molecule has 1 aliphatic carbocycles. The van der Waals surface area contributed by atoms with Crippen LogP contribution in [0.5, 0.6) is 0 Å². The summed E-state index contributed by atoms with van der Waals surface area (Å²) in [4.78, 5) is 30.4. The molecule has 1 saturated carbocycles. The molecule has 3 fully saturated rings. The highest BCUT2D eigenvalue weighted by molar-refractivity contribution is 5.78. The van der Waals surface area contributed by atoms with Gasteiger partial charge in [-0.3, -0.25) is 9.69 Å². The predicted molar refractivity (Wildman–Crippen MR) is 84.6 cm³/mol. The van der Waals surface area contributed by atoms with Gasteiger partial charge in [0.25, 0.3) is 0 Å². The lowest BCUT2D eigenvalue weighted by molar-refractivity contribution is -0.123. The molecule has 0 aromatic heterocycles. The molecule has 0 unspecified atom stereocenters. The fraction of sp³-hybridized carbons (Fsp3) is 0.875. The Labute approximate surface area is 132 Å². The molecule has 2 saturated heterocycles. The molecule has 0 bridgehead atoms. The number of nitrogens with zero attached hydrogens (tertiary/aromatic N) is 3. The minimum absolute atomic E-state index is 0.145. The number of carbonyl (C=O) groups is 2. The van der Waals surface area contributed by atoms with E-state index in [9.17, 15) is 9.59 Å². The van der Waals surface area contributed by atoms with E-state index >= 15 is 0 Å². The number of amides is 3. The van der Waals surface area contributed by atoms with Crippen LogP contribution >= 0.6 is 0 Å². The zero-order chi connectivity index (χ0) is 15.4. The van der Waals surface area contributed by atoms with Crippen molar-refractivity contribution in [3.63, 3.8) is 0 Å². The van der Waals surface area contributed by atoms with E-state index in [2.05, 4.69) is 10.2 Å². The molecule has 0 atom stereocenters. The Kier molecular flexibility index (Phi) is 5.18. The highest BCUT2D eigenvalue weighted by Crippen LogP contribution is 2.17. The maximum Gasteiger partial charge on any atom is 0.320 e. The van der Waals surface area contributed by atoms with Gasteiger partial charge in [-0.25, -0.2) is 4.79 Å². The van der Waals surface area contributed by atoms with E-state index in [1.165, 1.54) is 12.8 Å². The highest BCUT2D eigenvalue weighted by atomic mass is 16.2. The van der Waals surface area contributed by atoms with Gasteiger partial charge in [-0.2, -0.15) is 0 Å². The topological polar surface area (TPSA) is 55.9 Å². The van der Waals surface area contributed by atoms with Crippen LogP contribution in [0.2, 0.25) is 0 Å². The molecule has 2 heterocycles. The fourth-order valence-electron chi connectivity index (χ4n) is 3.75. The summed E-state index contributed by atoms with van der Waals surface area (Å²) in [5, 5.41) is 3.14. The molecule has 3 aliphatic rings. The van der Waals surface area contributed by atoms with Gasteiger partial charge in [0, 0.05) is 45.3 Å². The van der Waals surface area contributed by atoms with Crippen LogP contribution in [0.25, 0.3) is 0 Å². The number of nitrogens with one attached hydrogen (secondary N) is 1. The van der Waals surface area contributed by atoms with Crippen molar-refractivity contribution in [3.8, 4) is 0 Å². The molecule has 124 valence electrons. The lowest BCUT2D eigenvalue weighted by Gasteiger charge is -2.36. The van der Waals surface area contributed by atoms with Gasteiger partial charge in [0.2, 0.25) is 5.91 Å². The van der Waals surface area contributed by atoms with Crippen LogP contribution < -0.4 is 5.32 Å². The fourth-order valence-corrected chi connectivity index (χ4v) is 3.75. The number of carbonyl (C=O) groups excluding carboxylic acids is 2. The molecule has 6 nitrogen and oxygen atoms in total. The lowest BCUT2D eigenvalue weighted by atomic mass is 10.2. The third-order valence-corrected chi connectivity index (χ3v) is 5.11. The second kappa shape index (κ2) is 7.31. The first kappa shape index (κ1) is 15.6. The van der Waals surface area contributed by atoms with E-state index in [4.69, 9.17) is 0 Å². The predicted octanol–water partition coefficient (Wildman–Crippen LogP) is 0.879. The maximum absolute atomic E-state index is 12.3. The monoisotopic (exact) mass is 308 g/mol. The van der Waals surface area contributed by atoms with Gasteiger partial charge in [-0.1, -0.05) is 12.8 Å². The first-order valence-electron chi connectivity index (χ1n) is 8.78. The normalized spacial score (nSPS) is 24.0. The number of piperazine rings is 1. The van der Waals surface area contributed by atoms with Gasteiger partial charge in [-0.15, -0.1) is 0 Å². The minimum atomic E-state index is 0.145. The lowest BCUT2D eigenvalue weighted by Crippen LogP contribution is -2.54. The Bertz CT molecular complexity index is 395. The molecular formula is C16H28N4O2. The van der Waals surface area contributed by atoms with Crippen LogP contribution in [0, 0.1) is 0 Å². The van der Waals surface area contributed by atoms with E-state index in [1.54, 1.807) is 0 Å². The highest BCUT2D eigenvalue weighted by Gasteiger charge is 2.27. The van der Waals surface area contributed by atoms with E-state index < -0.39 is 0 Å². The van der Waals surface area contributed by atoms with Crippen molar-refractivity contribution in [1.82, 2.24) is 20.0 Å². The Balaban J connectivity index is 1.37. The van der Waals surface area contributed by atoms with E-state index in [0.717, 1.165) is 65.0 Å². The standard InChI is InChI=1S/C16H28N4O2/c21-15(17-14-5-1-2-6-14)13-18-9-11-20(12-10-18)16(22)19-7-3-4-8-19/h14H,1-13H2,(H,17,21). The summed E-state index contributed by atoms with van der Waals surface area (Å²) in [7, 11) is 0. The summed E-state index contributed by atoms with van der Waals surface area (Å²) in [6.45, 7) is 5.38. The van der Waals surface area contributed by atoms with Gasteiger partial charge in [0.1, 0.15) is 0 Å². The van der Waals surface area contributed by atoms with Gasteiger partial charge in [0.15, 0.2) is 0 Å². The summed E-state index contributed by atoms with van der Waals surface area (Å²) in [6, 6.07) is 0.582.